The standard InChI is InChI=1S/C7H8N2O4/c1-4(8-12-2)6-3-5(7(10)11)9-13-6/h3H,1-2H3,(H,10,11)/b8-4+. The molecule has 1 heterocycles. The van der Waals surface area contributed by atoms with E-state index in [0.29, 0.717) is 5.71 Å². The molecular weight excluding hydrogens is 176 g/mol. The second-order valence-electron chi connectivity index (χ2n) is 2.24. The Kier molecular flexibility index (Phi) is 2.63. The van der Waals surface area contributed by atoms with Crippen molar-refractivity contribution in [1.82, 2.24) is 5.16 Å². The second-order valence-corrected chi connectivity index (χ2v) is 2.24. The largest absolute Gasteiger partial charge is 0.476 e. The maximum Gasteiger partial charge on any atom is 0.358 e. The zero-order valence-corrected chi connectivity index (χ0v) is 7.14. The van der Waals surface area contributed by atoms with Crippen LogP contribution in [0.4, 0.5) is 0 Å². The third kappa shape index (κ3) is 2.05. The highest BCUT2D eigenvalue weighted by molar-refractivity contribution is 5.97. The van der Waals surface area contributed by atoms with Crippen LogP contribution in [0.1, 0.15) is 23.2 Å². The molecule has 0 bridgehead atoms. The number of hydrogen-bond donors (Lipinski definition) is 1. The van der Waals surface area contributed by atoms with Gasteiger partial charge in [-0.2, -0.15) is 0 Å². The fourth-order valence-corrected chi connectivity index (χ4v) is 0.728. The summed E-state index contributed by atoms with van der Waals surface area (Å²) in [6.07, 6.45) is 0. The van der Waals surface area contributed by atoms with Crippen LogP contribution in [0.15, 0.2) is 15.7 Å². The van der Waals surface area contributed by atoms with Gasteiger partial charge in [-0.1, -0.05) is 10.3 Å². The maximum absolute atomic E-state index is 10.4. The lowest BCUT2D eigenvalue weighted by Crippen LogP contribution is -1.95. The highest BCUT2D eigenvalue weighted by Gasteiger charge is 2.12. The minimum atomic E-state index is -1.14. The highest BCUT2D eigenvalue weighted by atomic mass is 16.6. The first-order valence-electron chi connectivity index (χ1n) is 3.43. The first-order chi connectivity index (χ1) is 6.15. The molecule has 0 radical (unpaired) electrons. The van der Waals surface area contributed by atoms with Crippen molar-refractivity contribution in [3.63, 3.8) is 0 Å². The highest BCUT2D eigenvalue weighted by Crippen LogP contribution is 2.05. The van der Waals surface area contributed by atoms with Crippen LogP contribution in [0.2, 0.25) is 0 Å². The van der Waals surface area contributed by atoms with Gasteiger partial charge in [-0.05, 0) is 6.92 Å². The summed E-state index contributed by atoms with van der Waals surface area (Å²) in [5.74, 6) is -0.862. The molecule has 0 aliphatic heterocycles. The topological polar surface area (TPSA) is 84.9 Å². The quantitative estimate of drug-likeness (QED) is 0.553. The van der Waals surface area contributed by atoms with Gasteiger partial charge >= 0.3 is 5.97 Å². The predicted octanol–water partition coefficient (Wildman–Crippen LogP) is 0.743. The molecule has 0 saturated heterocycles. The van der Waals surface area contributed by atoms with Gasteiger partial charge in [-0.25, -0.2) is 4.79 Å². The molecule has 6 nitrogen and oxygen atoms in total. The number of nitrogens with zero attached hydrogens (tertiary/aromatic N) is 2. The first kappa shape index (κ1) is 9.24. The van der Waals surface area contributed by atoms with E-state index in [1.165, 1.54) is 13.2 Å². The number of aromatic carboxylic acids is 1. The van der Waals surface area contributed by atoms with Crippen molar-refractivity contribution in [3.05, 3.63) is 17.5 Å². The average Bonchev–Trinajstić information content (AvgIpc) is 2.52. The van der Waals surface area contributed by atoms with Gasteiger partial charge < -0.3 is 14.5 Å². The van der Waals surface area contributed by atoms with Gasteiger partial charge in [0, 0.05) is 6.07 Å². The molecule has 0 aromatic carbocycles. The van der Waals surface area contributed by atoms with Crippen molar-refractivity contribution >= 4 is 11.7 Å². The molecule has 1 aromatic rings. The van der Waals surface area contributed by atoms with Crippen molar-refractivity contribution < 1.29 is 19.3 Å². The van der Waals surface area contributed by atoms with Crippen molar-refractivity contribution in [3.8, 4) is 0 Å². The van der Waals surface area contributed by atoms with E-state index in [2.05, 4.69) is 15.1 Å². The molecule has 0 spiro atoms. The maximum atomic E-state index is 10.4. The Morgan fingerprint density at radius 1 is 1.77 bits per heavy atom. The van der Waals surface area contributed by atoms with Crippen LogP contribution >= 0.6 is 0 Å². The lowest BCUT2D eigenvalue weighted by Gasteiger charge is -1.90. The number of carboxylic acids is 1. The minimum absolute atomic E-state index is 0.152. The van der Waals surface area contributed by atoms with E-state index in [4.69, 9.17) is 9.63 Å². The van der Waals surface area contributed by atoms with Crippen molar-refractivity contribution in [2.45, 2.75) is 6.92 Å². The van der Waals surface area contributed by atoms with Gasteiger partial charge in [0.2, 0.25) is 0 Å². The summed E-state index contributed by atoms with van der Waals surface area (Å²) in [6, 6.07) is 1.28. The van der Waals surface area contributed by atoms with Crippen molar-refractivity contribution in [2.75, 3.05) is 7.11 Å². The van der Waals surface area contributed by atoms with Crippen LogP contribution in [0, 0.1) is 0 Å². The molecule has 1 rings (SSSR count). The van der Waals surface area contributed by atoms with Crippen LogP contribution in [0.3, 0.4) is 0 Å². The van der Waals surface area contributed by atoms with E-state index >= 15 is 0 Å². The molecule has 6 heteroatoms. The number of rotatable bonds is 3. The molecule has 70 valence electrons. The number of aromatic nitrogens is 1. The number of oxime groups is 1. The van der Waals surface area contributed by atoms with Crippen LogP contribution in [0.5, 0.6) is 0 Å². The van der Waals surface area contributed by atoms with Crippen LogP contribution in [0.25, 0.3) is 0 Å². The zero-order chi connectivity index (χ0) is 9.84. The Hall–Kier alpha value is -1.85. The number of carboxylic acid groups (broad SMARTS) is 1. The van der Waals surface area contributed by atoms with E-state index in [-0.39, 0.29) is 11.5 Å². The van der Waals surface area contributed by atoms with Gasteiger partial charge in [-0.3, -0.25) is 0 Å². The van der Waals surface area contributed by atoms with E-state index in [1.807, 2.05) is 0 Å². The molecule has 0 aliphatic rings. The third-order valence-corrected chi connectivity index (χ3v) is 1.31. The molecule has 0 unspecified atom stereocenters. The molecule has 1 N–H and O–H groups in total. The van der Waals surface area contributed by atoms with E-state index in [1.54, 1.807) is 6.92 Å². The summed E-state index contributed by atoms with van der Waals surface area (Å²) in [7, 11) is 1.39. The SMILES string of the molecule is CO/N=C(\C)c1cc(C(=O)O)no1. The Labute approximate surface area is 73.8 Å². The molecule has 0 aliphatic carbocycles. The summed E-state index contributed by atoms with van der Waals surface area (Å²) >= 11 is 0. The number of carbonyl (C=O) groups is 1. The van der Waals surface area contributed by atoms with Crippen LogP contribution in [-0.4, -0.2) is 29.1 Å². The van der Waals surface area contributed by atoms with Gasteiger partial charge in [0.05, 0.1) is 0 Å². The monoisotopic (exact) mass is 184 g/mol. The Bertz CT molecular complexity index is 342. The summed E-state index contributed by atoms with van der Waals surface area (Å²) in [5, 5.41) is 15.4. The normalized spacial score (nSPS) is 11.4. The fraction of sp³-hybridized carbons (Fsp3) is 0.286. The average molecular weight is 184 g/mol. The van der Waals surface area contributed by atoms with E-state index in [9.17, 15) is 4.79 Å². The van der Waals surface area contributed by atoms with E-state index < -0.39 is 5.97 Å². The molecule has 0 fully saturated rings. The Morgan fingerprint density at radius 2 is 2.46 bits per heavy atom. The van der Waals surface area contributed by atoms with Crippen molar-refractivity contribution in [2.24, 2.45) is 5.16 Å². The zero-order valence-electron chi connectivity index (χ0n) is 7.14. The molecule has 0 amide bonds. The molecule has 0 saturated carbocycles. The molecule has 1 aromatic heterocycles. The summed E-state index contributed by atoms with van der Waals surface area (Å²) in [6.45, 7) is 1.62. The summed E-state index contributed by atoms with van der Waals surface area (Å²) < 4.78 is 4.70. The smallest absolute Gasteiger partial charge is 0.358 e. The molecule has 0 atom stereocenters. The lowest BCUT2D eigenvalue weighted by atomic mass is 10.3. The van der Waals surface area contributed by atoms with Gasteiger partial charge in [0.25, 0.3) is 0 Å². The molecule has 13 heavy (non-hydrogen) atoms. The predicted molar refractivity (Wildman–Crippen MR) is 42.7 cm³/mol. The second kappa shape index (κ2) is 3.70. The van der Waals surface area contributed by atoms with Crippen LogP contribution in [-0.2, 0) is 4.84 Å². The molecular formula is C7H8N2O4. The Morgan fingerprint density at radius 3 is 2.92 bits per heavy atom. The van der Waals surface area contributed by atoms with Gasteiger partial charge in [-0.15, -0.1) is 0 Å². The third-order valence-electron chi connectivity index (χ3n) is 1.31. The van der Waals surface area contributed by atoms with E-state index in [0.717, 1.165) is 0 Å². The van der Waals surface area contributed by atoms with Gasteiger partial charge in [0.1, 0.15) is 12.8 Å². The Balaban J connectivity index is 2.92. The minimum Gasteiger partial charge on any atom is -0.476 e. The fourth-order valence-electron chi connectivity index (χ4n) is 0.728. The summed E-state index contributed by atoms with van der Waals surface area (Å²) in [4.78, 5) is 14.9. The lowest BCUT2D eigenvalue weighted by molar-refractivity contribution is 0.0685. The van der Waals surface area contributed by atoms with Gasteiger partial charge in [0.15, 0.2) is 11.5 Å². The number of hydrogen-bond acceptors (Lipinski definition) is 5. The van der Waals surface area contributed by atoms with Crippen LogP contribution < -0.4 is 0 Å². The van der Waals surface area contributed by atoms with Crippen molar-refractivity contribution in [1.29, 1.82) is 0 Å². The summed E-state index contributed by atoms with van der Waals surface area (Å²) in [5.41, 5.74) is 0.281. The first-order valence-corrected chi connectivity index (χ1v) is 3.43.